The molecule has 0 unspecified atom stereocenters. The van der Waals surface area contributed by atoms with Crippen LogP contribution in [0.15, 0.2) is 12.1 Å². The summed E-state index contributed by atoms with van der Waals surface area (Å²) in [4.78, 5) is 1.23. The van der Waals surface area contributed by atoms with E-state index in [2.05, 4.69) is 15.4 Å². The summed E-state index contributed by atoms with van der Waals surface area (Å²) in [6.45, 7) is -0.103. The number of aromatic nitrogens is 4. The average molecular weight is 241 g/mol. The van der Waals surface area contributed by atoms with Crippen LogP contribution in [-0.2, 0) is 13.7 Å². The lowest BCUT2D eigenvalue weighted by atomic mass is 10.3. The minimum absolute atomic E-state index is 0.103. The molecule has 1 aromatic carbocycles. The van der Waals surface area contributed by atoms with Crippen molar-refractivity contribution in [2.75, 3.05) is 5.73 Å². The van der Waals surface area contributed by atoms with Crippen molar-refractivity contribution in [2.45, 2.75) is 6.61 Å². The minimum atomic E-state index is -0.743. The standard InChI is InChI=1S/C9H9F2N5O/c1-16-14-9(13-15-16)4-17-8-3-5(10)7(12)2-6(8)11/h2-3H,4,12H2,1H3. The smallest absolute Gasteiger partial charge is 0.212 e. The molecule has 6 nitrogen and oxygen atoms in total. The van der Waals surface area contributed by atoms with Gasteiger partial charge in [0.2, 0.25) is 5.82 Å². The second kappa shape index (κ2) is 4.32. The van der Waals surface area contributed by atoms with Gasteiger partial charge in [0, 0.05) is 12.1 Å². The number of nitrogens with two attached hydrogens (primary N) is 1. The van der Waals surface area contributed by atoms with E-state index < -0.39 is 11.6 Å². The van der Waals surface area contributed by atoms with Crippen LogP contribution in [0, 0.1) is 11.6 Å². The number of halogens is 2. The third-order valence-electron chi connectivity index (χ3n) is 1.96. The molecule has 0 aliphatic rings. The van der Waals surface area contributed by atoms with E-state index in [1.807, 2.05) is 0 Å². The molecule has 0 aliphatic heterocycles. The summed E-state index contributed by atoms with van der Waals surface area (Å²) in [5, 5.41) is 11.0. The fraction of sp³-hybridized carbons (Fsp3) is 0.222. The van der Waals surface area contributed by atoms with Crippen LogP contribution in [0.3, 0.4) is 0 Å². The molecule has 0 saturated heterocycles. The first kappa shape index (κ1) is 11.2. The molecular formula is C9H9F2N5O. The van der Waals surface area contributed by atoms with Crippen molar-refractivity contribution in [2.24, 2.45) is 7.05 Å². The van der Waals surface area contributed by atoms with Crippen LogP contribution in [0.5, 0.6) is 5.75 Å². The third-order valence-corrected chi connectivity index (χ3v) is 1.96. The second-order valence-corrected chi connectivity index (χ2v) is 3.29. The fourth-order valence-electron chi connectivity index (χ4n) is 1.18. The molecule has 0 spiro atoms. The largest absolute Gasteiger partial charge is 0.482 e. The number of anilines is 1. The van der Waals surface area contributed by atoms with E-state index in [0.717, 1.165) is 12.1 Å². The highest BCUT2D eigenvalue weighted by Gasteiger charge is 2.10. The highest BCUT2D eigenvalue weighted by molar-refractivity contribution is 5.44. The van der Waals surface area contributed by atoms with Crippen LogP contribution in [0.1, 0.15) is 5.82 Å². The van der Waals surface area contributed by atoms with Gasteiger partial charge in [-0.3, -0.25) is 0 Å². The zero-order valence-corrected chi connectivity index (χ0v) is 8.89. The molecule has 0 aliphatic carbocycles. The predicted octanol–water partition coefficient (Wildman–Crippen LogP) is 0.650. The Morgan fingerprint density at radius 2 is 2.12 bits per heavy atom. The number of rotatable bonds is 3. The van der Waals surface area contributed by atoms with Gasteiger partial charge in [-0.2, -0.15) is 4.80 Å². The van der Waals surface area contributed by atoms with Crippen molar-refractivity contribution in [3.05, 3.63) is 29.6 Å². The lowest BCUT2D eigenvalue weighted by molar-refractivity contribution is 0.279. The Bertz CT molecular complexity index is 542. The van der Waals surface area contributed by atoms with Gasteiger partial charge in [-0.15, -0.1) is 10.2 Å². The zero-order valence-electron chi connectivity index (χ0n) is 8.89. The van der Waals surface area contributed by atoms with Gasteiger partial charge in [-0.1, -0.05) is 0 Å². The number of benzene rings is 1. The maximum absolute atomic E-state index is 13.3. The first-order valence-electron chi connectivity index (χ1n) is 4.66. The third kappa shape index (κ3) is 2.47. The molecule has 0 bridgehead atoms. The van der Waals surface area contributed by atoms with E-state index in [-0.39, 0.29) is 23.9 Å². The minimum Gasteiger partial charge on any atom is -0.482 e. The van der Waals surface area contributed by atoms with E-state index in [9.17, 15) is 8.78 Å². The Morgan fingerprint density at radius 1 is 1.35 bits per heavy atom. The molecule has 1 aromatic heterocycles. The van der Waals surface area contributed by atoms with Gasteiger partial charge in [-0.25, -0.2) is 8.78 Å². The Morgan fingerprint density at radius 3 is 2.76 bits per heavy atom. The second-order valence-electron chi connectivity index (χ2n) is 3.29. The molecule has 2 rings (SSSR count). The molecular weight excluding hydrogens is 232 g/mol. The molecule has 1 heterocycles. The SMILES string of the molecule is Cn1nnc(COc2cc(F)c(N)cc2F)n1. The summed E-state index contributed by atoms with van der Waals surface area (Å²) in [6.07, 6.45) is 0. The van der Waals surface area contributed by atoms with Gasteiger partial charge in [0.15, 0.2) is 18.2 Å². The number of hydrogen-bond donors (Lipinski definition) is 1. The molecule has 2 N–H and O–H groups in total. The number of tetrazole rings is 1. The highest BCUT2D eigenvalue weighted by Crippen LogP contribution is 2.23. The van der Waals surface area contributed by atoms with Gasteiger partial charge < -0.3 is 10.5 Å². The van der Waals surface area contributed by atoms with Crippen LogP contribution in [0.25, 0.3) is 0 Å². The van der Waals surface area contributed by atoms with E-state index >= 15 is 0 Å². The summed E-state index contributed by atoms with van der Waals surface area (Å²) < 4.78 is 31.4. The fourth-order valence-corrected chi connectivity index (χ4v) is 1.18. The summed E-state index contributed by atoms with van der Waals surface area (Å²) in [6, 6.07) is 1.73. The molecule has 0 saturated carbocycles. The van der Waals surface area contributed by atoms with E-state index in [1.54, 1.807) is 7.05 Å². The Labute approximate surface area is 95.0 Å². The van der Waals surface area contributed by atoms with E-state index in [0.29, 0.717) is 0 Å². The van der Waals surface area contributed by atoms with Crippen LogP contribution >= 0.6 is 0 Å². The first-order chi connectivity index (χ1) is 8.06. The lowest BCUT2D eigenvalue weighted by Gasteiger charge is -2.06. The predicted molar refractivity (Wildman–Crippen MR) is 53.9 cm³/mol. The van der Waals surface area contributed by atoms with Crippen molar-refractivity contribution < 1.29 is 13.5 Å². The Balaban J connectivity index is 2.11. The number of aryl methyl sites for hydroxylation is 1. The normalized spacial score (nSPS) is 10.5. The monoisotopic (exact) mass is 241 g/mol. The summed E-state index contributed by atoms with van der Waals surface area (Å²) in [5.41, 5.74) is 4.92. The van der Waals surface area contributed by atoms with Crippen molar-refractivity contribution in [1.29, 1.82) is 0 Å². The van der Waals surface area contributed by atoms with Gasteiger partial charge in [0.25, 0.3) is 0 Å². The summed E-state index contributed by atoms with van der Waals surface area (Å²) in [7, 11) is 1.58. The van der Waals surface area contributed by atoms with Crippen molar-refractivity contribution in [3.63, 3.8) is 0 Å². The van der Waals surface area contributed by atoms with Crippen LogP contribution in [0.4, 0.5) is 14.5 Å². The molecule has 0 radical (unpaired) electrons. The Hall–Kier alpha value is -2.25. The van der Waals surface area contributed by atoms with Crippen molar-refractivity contribution >= 4 is 5.69 Å². The highest BCUT2D eigenvalue weighted by atomic mass is 19.1. The maximum Gasteiger partial charge on any atom is 0.212 e. The molecule has 0 atom stereocenters. The lowest BCUT2D eigenvalue weighted by Crippen LogP contribution is -2.02. The van der Waals surface area contributed by atoms with E-state index in [1.165, 1.54) is 4.80 Å². The maximum atomic E-state index is 13.3. The number of nitrogen functional groups attached to an aromatic ring is 1. The topological polar surface area (TPSA) is 78.8 Å². The van der Waals surface area contributed by atoms with E-state index in [4.69, 9.17) is 10.5 Å². The van der Waals surface area contributed by atoms with Crippen LogP contribution in [0.2, 0.25) is 0 Å². The number of nitrogens with zero attached hydrogens (tertiary/aromatic N) is 4. The van der Waals surface area contributed by atoms with Gasteiger partial charge in [-0.05, 0) is 5.21 Å². The van der Waals surface area contributed by atoms with Crippen molar-refractivity contribution in [3.8, 4) is 5.75 Å². The molecule has 90 valence electrons. The number of hydrogen-bond acceptors (Lipinski definition) is 5. The van der Waals surface area contributed by atoms with Crippen LogP contribution < -0.4 is 10.5 Å². The molecule has 8 heteroatoms. The Kier molecular flexibility index (Phi) is 2.86. The van der Waals surface area contributed by atoms with Crippen LogP contribution in [-0.4, -0.2) is 20.2 Å². The van der Waals surface area contributed by atoms with Gasteiger partial charge >= 0.3 is 0 Å². The first-order valence-corrected chi connectivity index (χ1v) is 4.66. The molecule has 0 amide bonds. The van der Waals surface area contributed by atoms with Gasteiger partial charge in [0.05, 0.1) is 12.7 Å². The quantitative estimate of drug-likeness (QED) is 0.798. The molecule has 0 fully saturated rings. The molecule has 17 heavy (non-hydrogen) atoms. The zero-order chi connectivity index (χ0) is 12.4. The number of ether oxygens (including phenoxy) is 1. The summed E-state index contributed by atoms with van der Waals surface area (Å²) >= 11 is 0. The summed E-state index contributed by atoms with van der Waals surface area (Å²) in [5.74, 6) is -1.46. The van der Waals surface area contributed by atoms with Crippen molar-refractivity contribution in [1.82, 2.24) is 20.2 Å². The average Bonchev–Trinajstić information content (AvgIpc) is 2.68. The van der Waals surface area contributed by atoms with Gasteiger partial charge in [0.1, 0.15) is 5.82 Å². The molecule has 2 aromatic rings.